The molecule has 0 radical (unpaired) electrons. The fraction of sp³-hybridized carbons (Fsp3) is 0.562. The minimum Gasteiger partial charge on any atom is -0.497 e. The Morgan fingerprint density at radius 2 is 1.90 bits per heavy atom. The van der Waals surface area contributed by atoms with Crippen molar-refractivity contribution in [3.8, 4) is 5.75 Å². The molecule has 1 aromatic rings. The summed E-state index contributed by atoms with van der Waals surface area (Å²) >= 11 is 0. The van der Waals surface area contributed by atoms with Gasteiger partial charge >= 0.3 is 5.97 Å². The van der Waals surface area contributed by atoms with Gasteiger partial charge in [-0.05, 0) is 37.5 Å². The van der Waals surface area contributed by atoms with Crippen molar-refractivity contribution >= 4 is 5.97 Å². The molecule has 4 heteroatoms. The number of ether oxygens (including phenoxy) is 1. The summed E-state index contributed by atoms with van der Waals surface area (Å²) in [6.45, 7) is 4.71. The Morgan fingerprint density at radius 3 is 2.45 bits per heavy atom. The van der Waals surface area contributed by atoms with E-state index in [0.717, 1.165) is 31.6 Å². The highest BCUT2D eigenvalue weighted by molar-refractivity contribution is 5.69. The van der Waals surface area contributed by atoms with E-state index in [0.29, 0.717) is 6.04 Å². The Morgan fingerprint density at radius 1 is 1.25 bits per heavy atom. The van der Waals surface area contributed by atoms with Crippen molar-refractivity contribution in [3.63, 3.8) is 0 Å². The standard InChI is InChI=1S/C16H25NO3/c1-12(16(18)19)5-4-6-13(2)17-11-14-7-9-15(20-3)10-8-14/h7-10,12-13,17H,4-6,11H2,1-3H3,(H,18,19). The average molecular weight is 279 g/mol. The van der Waals surface area contributed by atoms with Gasteiger partial charge in [-0.25, -0.2) is 0 Å². The molecule has 2 atom stereocenters. The molecule has 1 aromatic carbocycles. The molecule has 0 saturated heterocycles. The van der Waals surface area contributed by atoms with E-state index < -0.39 is 5.97 Å². The molecule has 0 amide bonds. The molecule has 112 valence electrons. The minimum atomic E-state index is -0.705. The van der Waals surface area contributed by atoms with E-state index in [4.69, 9.17) is 9.84 Å². The maximum absolute atomic E-state index is 10.7. The summed E-state index contributed by atoms with van der Waals surface area (Å²) < 4.78 is 5.12. The third-order valence-corrected chi connectivity index (χ3v) is 3.51. The molecule has 2 unspecified atom stereocenters. The molecular formula is C16H25NO3. The van der Waals surface area contributed by atoms with Crippen molar-refractivity contribution in [1.29, 1.82) is 0 Å². The number of hydrogen-bond donors (Lipinski definition) is 2. The number of benzene rings is 1. The van der Waals surface area contributed by atoms with Gasteiger partial charge in [-0.15, -0.1) is 0 Å². The summed E-state index contributed by atoms with van der Waals surface area (Å²) in [5.74, 6) is -0.0860. The van der Waals surface area contributed by atoms with E-state index in [1.54, 1.807) is 14.0 Å². The smallest absolute Gasteiger partial charge is 0.306 e. The first-order valence-electron chi connectivity index (χ1n) is 7.12. The maximum atomic E-state index is 10.7. The number of hydrogen-bond acceptors (Lipinski definition) is 3. The summed E-state index contributed by atoms with van der Waals surface area (Å²) in [5.41, 5.74) is 1.22. The van der Waals surface area contributed by atoms with Crippen LogP contribution in [0, 0.1) is 5.92 Å². The van der Waals surface area contributed by atoms with Gasteiger partial charge in [-0.2, -0.15) is 0 Å². The van der Waals surface area contributed by atoms with Gasteiger partial charge in [0, 0.05) is 12.6 Å². The molecular weight excluding hydrogens is 254 g/mol. The van der Waals surface area contributed by atoms with Crippen LogP contribution in [0.5, 0.6) is 5.75 Å². The fourth-order valence-corrected chi connectivity index (χ4v) is 1.99. The van der Waals surface area contributed by atoms with Crippen molar-refractivity contribution in [2.75, 3.05) is 7.11 Å². The van der Waals surface area contributed by atoms with Crippen LogP contribution in [-0.2, 0) is 11.3 Å². The highest BCUT2D eigenvalue weighted by Crippen LogP contribution is 2.12. The fourth-order valence-electron chi connectivity index (χ4n) is 1.99. The molecule has 0 aliphatic rings. The number of carboxylic acid groups (broad SMARTS) is 1. The minimum absolute atomic E-state index is 0.246. The first kappa shape index (κ1) is 16.5. The second kappa shape index (κ2) is 8.59. The number of nitrogens with one attached hydrogen (secondary N) is 1. The summed E-state index contributed by atoms with van der Waals surface area (Å²) in [6, 6.07) is 8.39. The quantitative estimate of drug-likeness (QED) is 0.729. The van der Waals surface area contributed by atoms with E-state index in [1.807, 2.05) is 24.3 Å². The van der Waals surface area contributed by atoms with E-state index in [2.05, 4.69) is 12.2 Å². The second-order valence-electron chi connectivity index (χ2n) is 5.30. The molecule has 1 rings (SSSR count). The lowest BCUT2D eigenvalue weighted by molar-refractivity contribution is -0.141. The summed E-state index contributed by atoms with van der Waals surface area (Å²) in [7, 11) is 1.66. The summed E-state index contributed by atoms with van der Waals surface area (Å²) in [5, 5.41) is 12.3. The SMILES string of the molecule is COc1ccc(CNC(C)CCCC(C)C(=O)O)cc1. The molecule has 0 spiro atoms. The van der Waals surface area contributed by atoms with Gasteiger partial charge in [0.25, 0.3) is 0 Å². The Labute approximate surface area is 121 Å². The molecule has 2 N–H and O–H groups in total. The van der Waals surface area contributed by atoms with Gasteiger partial charge < -0.3 is 15.2 Å². The Bertz CT molecular complexity index is 403. The average Bonchev–Trinajstić information content (AvgIpc) is 2.45. The van der Waals surface area contributed by atoms with Crippen LogP contribution in [0.4, 0.5) is 0 Å². The third kappa shape index (κ3) is 6.06. The molecule has 4 nitrogen and oxygen atoms in total. The lowest BCUT2D eigenvalue weighted by Crippen LogP contribution is -2.25. The number of carboxylic acids is 1. The van der Waals surface area contributed by atoms with Crippen LogP contribution in [0.3, 0.4) is 0 Å². The highest BCUT2D eigenvalue weighted by atomic mass is 16.5. The normalized spacial score (nSPS) is 13.8. The molecule has 0 fully saturated rings. The number of carbonyl (C=O) groups is 1. The highest BCUT2D eigenvalue weighted by Gasteiger charge is 2.11. The van der Waals surface area contributed by atoms with Crippen LogP contribution in [0.1, 0.15) is 38.7 Å². The topological polar surface area (TPSA) is 58.6 Å². The van der Waals surface area contributed by atoms with Gasteiger partial charge in [-0.1, -0.05) is 25.5 Å². The molecule has 0 aromatic heterocycles. The van der Waals surface area contributed by atoms with Crippen molar-refractivity contribution < 1.29 is 14.6 Å². The predicted octanol–water partition coefficient (Wildman–Crippen LogP) is 3.06. The predicted molar refractivity (Wildman–Crippen MR) is 79.9 cm³/mol. The van der Waals surface area contributed by atoms with E-state index >= 15 is 0 Å². The number of aliphatic carboxylic acids is 1. The lowest BCUT2D eigenvalue weighted by atomic mass is 10.0. The van der Waals surface area contributed by atoms with Crippen LogP contribution < -0.4 is 10.1 Å². The molecule has 0 aliphatic heterocycles. The Hall–Kier alpha value is -1.55. The lowest BCUT2D eigenvalue weighted by Gasteiger charge is -2.14. The van der Waals surface area contributed by atoms with Crippen molar-refractivity contribution in [3.05, 3.63) is 29.8 Å². The largest absolute Gasteiger partial charge is 0.497 e. The van der Waals surface area contributed by atoms with Crippen molar-refractivity contribution in [1.82, 2.24) is 5.32 Å². The van der Waals surface area contributed by atoms with Gasteiger partial charge in [0.05, 0.1) is 13.0 Å². The zero-order chi connectivity index (χ0) is 15.0. The van der Waals surface area contributed by atoms with Gasteiger partial charge in [0.2, 0.25) is 0 Å². The summed E-state index contributed by atoms with van der Waals surface area (Å²) in [4.78, 5) is 10.7. The Balaban J connectivity index is 2.22. The van der Waals surface area contributed by atoms with Crippen LogP contribution in [-0.4, -0.2) is 24.2 Å². The number of methoxy groups -OCH3 is 1. The maximum Gasteiger partial charge on any atom is 0.306 e. The molecule has 0 saturated carbocycles. The first-order chi connectivity index (χ1) is 9.52. The Kier molecular flexibility index (Phi) is 7.09. The second-order valence-corrected chi connectivity index (χ2v) is 5.30. The van der Waals surface area contributed by atoms with E-state index in [1.165, 1.54) is 5.56 Å². The van der Waals surface area contributed by atoms with Crippen LogP contribution in [0.25, 0.3) is 0 Å². The van der Waals surface area contributed by atoms with Gasteiger partial charge in [0.15, 0.2) is 0 Å². The summed E-state index contributed by atoms with van der Waals surface area (Å²) in [6.07, 6.45) is 2.67. The van der Waals surface area contributed by atoms with Gasteiger partial charge in [-0.3, -0.25) is 4.79 Å². The molecule has 20 heavy (non-hydrogen) atoms. The monoisotopic (exact) mass is 279 g/mol. The van der Waals surface area contributed by atoms with Crippen LogP contribution in [0.2, 0.25) is 0 Å². The van der Waals surface area contributed by atoms with Crippen LogP contribution in [0.15, 0.2) is 24.3 Å². The zero-order valence-electron chi connectivity index (χ0n) is 12.6. The van der Waals surface area contributed by atoms with Gasteiger partial charge in [0.1, 0.15) is 5.75 Å². The van der Waals surface area contributed by atoms with Crippen molar-refractivity contribution in [2.24, 2.45) is 5.92 Å². The zero-order valence-corrected chi connectivity index (χ0v) is 12.6. The van der Waals surface area contributed by atoms with Crippen LogP contribution >= 0.6 is 0 Å². The molecule has 0 aliphatic carbocycles. The first-order valence-corrected chi connectivity index (χ1v) is 7.12. The number of rotatable bonds is 9. The van der Waals surface area contributed by atoms with E-state index in [-0.39, 0.29) is 5.92 Å². The third-order valence-electron chi connectivity index (χ3n) is 3.51. The van der Waals surface area contributed by atoms with E-state index in [9.17, 15) is 4.79 Å². The van der Waals surface area contributed by atoms with Crippen molar-refractivity contribution in [2.45, 2.75) is 45.7 Å². The molecule has 0 bridgehead atoms. The molecule has 0 heterocycles.